The Kier molecular flexibility index (Phi) is 20.7. The van der Waals surface area contributed by atoms with Crippen LogP contribution in [0, 0.1) is 0 Å². The average molecular weight is 684 g/mol. The molecular weight excluding hydrogens is 634 g/mol. The molecule has 1 aromatic rings. The summed E-state index contributed by atoms with van der Waals surface area (Å²) in [6.07, 6.45) is 3.22. The second-order valence-electron chi connectivity index (χ2n) is 11.1. The summed E-state index contributed by atoms with van der Waals surface area (Å²) in [6.45, 7) is -1.50. The number of benzene rings is 1. The van der Waals surface area contributed by atoms with Crippen LogP contribution in [0.25, 0.3) is 0 Å². The molecule has 0 aliphatic heterocycles. The zero-order valence-electron chi connectivity index (χ0n) is 27.3. The van der Waals surface area contributed by atoms with Gasteiger partial charge in [0.15, 0.2) is 0 Å². The third-order valence-corrected chi connectivity index (χ3v) is 6.97. The predicted molar refractivity (Wildman–Crippen MR) is 173 cm³/mol. The fraction of sp³-hybridized carbons (Fsp3) is 0.600. The zero-order valence-corrected chi connectivity index (χ0v) is 27.3. The molecule has 0 spiro atoms. The second-order valence-corrected chi connectivity index (χ2v) is 11.1. The van der Waals surface area contributed by atoms with Gasteiger partial charge in [-0.3, -0.25) is 48.3 Å². The van der Waals surface area contributed by atoms with E-state index in [1.54, 1.807) is 4.90 Å². The van der Waals surface area contributed by atoms with Gasteiger partial charge in [-0.1, -0.05) is 25.0 Å². The summed E-state index contributed by atoms with van der Waals surface area (Å²) in [6, 6.07) is 6.82. The number of nitrogens with two attached hydrogens (primary N) is 1. The van der Waals surface area contributed by atoms with Crippen LogP contribution in [0.3, 0.4) is 0 Å². The lowest BCUT2D eigenvalue weighted by Crippen LogP contribution is -2.47. The largest absolute Gasteiger partial charge is 0.480 e. The van der Waals surface area contributed by atoms with Crippen LogP contribution in [0.1, 0.15) is 31.2 Å². The Bertz CT molecular complexity index is 1100. The quantitative estimate of drug-likeness (QED) is 0.0372. The van der Waals surface area contributed by atoms with Crippen molar-refractivity contribution in [3.8, 4) is 0 Å². The number of nitrogens with zero attached hydrogens (tertiary/aromatic N) is 3. The van der Waals surface area contributed by atoms with E-state index >= 15 is 0 Å². The number of hydrogen-bond acceptors (Lipinski definition) is 12. The molecular formula is C30H49N7O11. The first kappa shape index (κ1) is 41.7. The van der Waals surface area contributed by atoms with Crippen LogP contribution in [0.5, 0.6) is 0 Å². The molecule has 0 saturated heterocycles. The zero-order chi connectivity index (χ0) is 35.9. The number of unbranched alkanes of at least 4 members (excludes halogenated alkanes) is 3. The molecule has 1 rings (SSSR count). The van der Waals surface area contributed by atoms with Gasteiger partial charge in [0.1, 0.15) is 0 Å². The number of carbonyl (C=O) groups is 6. The Morgan fingerprint density at radius 1 is 0.708 bits per heavy atom. The molecule has 270 valence electrons. The van der Waals surface area contributed by atoms with Crippen molar-refractivity contribution >= 4 is 41.4 Å². The lowest BCUT2D eigenvalue weighted by molar-refractivity contribution is -0.143. The van der Waals surface area contributed by atoms with Gasteiger partial charge in [-0.2, -0.15) is 0 Å². The summed E-state index contributed by atoms with van der Waals surface area (Å²) < 4.78 is 0. The van der Waals surface area contributed by atoms with Gasteiger partial charge < -0.3 is 36.8 Å². The molecule has 1 aromatic carbocycles. The van der Waals surface area contributed by atoms with Gasteiger partial charge >= 0.3 is 23.9 Å². The van der Waals surface area contributed by atoms with E-state index in [1.165, 1.54) is 9.80 Å². The summed E-state index contributed by atoms with van der Waals surface area (Å²) in [7, 11) is 1.82. The molecule has 9 N–H and O–H groups in total. The molecule has 0 radical (unpaired) electrons. The Labute approximate surface area is 279 Å². The molecule has 0 aromatic heterocycles. The molecule has 2 amide bonds. The first-order valence-corrected chi connectivity index (χ1v) is 15.5. The minimum absolute atomic E-state index is 0.0110. The number of aliphatic carboxylic acids is 4. The molecule has 0 aliphatic rings. The van der Waals surface area contributed by atoms with E-state index in [1.807, 2.05) is 31.3 Å². The molecule has 0 bridgehead atoms. The monoisotopic (exact) mass is 683 g/mol. The van der Waals surface area contributed by atoms with Crippen LogP contribution < -0.4 is 21.8 Å². The van der Waals surface area contributed by atoms with Crippen molar-refractivity contribution in [2.24, 2.45) is 5.73 Å². The van der Waals surface area contributed by atoms with E-state index in [0.29, 0.717) is 25.8 Å². The highest BCUT2D eigenvalue weighted by atomic mass is 16.6. The number of carboxylic acid groups (broad SMARTS) is 4. The van der Waals surface area contributed by atoms with Crippen LogP contribution in [0.2, 0.25) is 0 Å². The molecule has 18 nitrogen and oxygen atoms in total. The van der Waals surface area contributed by atoms with Gasteiger partial charge in [-0.25, -0.2) is 5.48 Å². The summed E-state index contributed by atoms with van der Waals surface area (Å²) in [5, 5.41) is 42.2. The second kappa shape index (κ2) is 23.9. The van der Waals surface area contributed by atoms with Crippen LogP contribution in [0.4, 0.5) is 5.69 Å². The van der Waals surface area contributed by atoms with Gasteiger partial charge in [0.2, 0.25) is 5.91 Å². The van der Waals surface area contributed by atoms with Crippen molar-refractivity contribution in [2.75, 3.05) is 84.4 Å². The highest BCUT2D eigenvalue weighted by Gasteiger charge is 2.20. The first-order valence-electron chi connectivity index (χ1n) is 15.5. The Morgan fingerprint density at radius 3 is 1.67 bits per heavy atom. The van der Waals surface area contributed by atoms with E-state index in [-0.39, 0.29) is 45.2 Å². The maximum absolute atomic E-state index is 12.7. The fourth-order valence-corrected chi connectivity index (χ4v) is 4.52. The SMILES string of the molecule is CNc1ccc(CC(N)C(=O)NOCCCCCCNC(=O)CN(CCN(CC(=O)O)CC(=O)O)CCN(CC(=O)O)CC(=O)O)cc1. The smallest absolute Gasteiger partial charge is 0.317 e. The van der Waals surface area contributed by atoms with Gasteiger partial charge in [0.05, 0.1) is 45.4 Å². The Hall–Kier alpha value is -4.36. The molecule has 0 heterocycles. The maximum atomic E-state index is 12.7. The van der Waals surface area contributed by atoms with Gasteiger partial charge in [-0.15, -0.1) is 0 Å². The molecule has 18 heteroatoms. The predicted octanol–water partition coefficient (Wildman–Crippen LogP) is -1.43. The highest BCUT2D eigenvalue weighted by Crippen LogP contribution is 2.10. The fourth-order valence-electron chi connectivity index (χ4n) is 4.52. The van der Waals surface area contributed by atoms with Crippen molar-refractivity contribution in [3.05, 3.63) is 29.8 Å². The van der Waals surface area contributed by atoms with E-state index in [0.717, 1.165) is 24.1 Å². The van der Waals surface area contributed by atoms with Gasteiger partial charge in [0.25, 0.3) is 5.91 Å². The molecule has 0 aliphatic carbocycles. The lowest BCUT2D eigenvalue weighted by atomic mass is 10.1. The number of rotatable bonds is 28. The van der Waals surface area contributed by atoms with Crippen molar-refractivity contribution in [3.63, 3.8) is 0 Å². The number of carbonyl (C=O) groups excluding carboxylic acids is 2. The Balaban J connectivity index is 2.43. The molecule has 1 atom stereocenters. The van der Waals surface area contributed by atoms with Crippen molar-refractivity contribution in [2.45, 2.75) is 38.1 Å². The van der Waals surface area contributed by atoms with E-state index in [4.69, 9.17) is 31.0 Å². The number of anilines is 1. The first-order chi connectivity index (χ1) is 22.8. The molecule has 1 unspecified atom stereocenters. The molecule has 0 saturated carbocycles. The number of nitrogens with one attached hydrogen (secondary N) is 3. The van der Waals surface area contributed by atoms with Crippen LogP contribution in [-0.4, -0.2) is 156 Å². The average Bonchev–Trinajstić information content (AvgIpc) is 3.00. The summed E-state index contributed by atoms with van der Waals surface area (Å²) >= 11 is 0. The number of hydroxylamine groups is 1. The van der Waals surface area contributed by atoms with E-state index < -0.39 is 62.0 Å². The van der Waals surface area contributed by atoms with Crippen LogP contribution in [-0.2, 0) is 40.0 Å². The van der Waals surface area contributed by atoms with Crippen molar-refractivity contribution in [1.82, 2.24) is 25.5 Å². The van der Waals surface area contributed by atoms with Crippen molar-refractivity contribution < 1.29 is 54.0 Å². The minimum Gasteiger partial charge on any atom is -0.480 e. The molecule has 0 fully saturated rings. The third-order valence-electron chi connectivity index (χ3n) is 6.97. The maximum Gasteiger partial charge on any atom is 0.317 e. The summed E-state index contributed by atoms with van der Waals surface area (Å²) in [5.41, 5.74) is 10.2. The highest BCUT2D eigenvalue weighted by molar-refractivity contribution is 5.81. The van der Waals surface area contributed by atoms with Crippen LogP contribution in [0.15, 0.2) is 24.3 Å². The lowest BCUT2D eigenvalue weighted by Gasteiger charge is -2.28. The number of hydrogen-bond donors (Lipinski definition) is 8. The third kappa shape index (κ3) is 20.7. The van der Waals surface area contributed by atoms with E-state index in [9.17, 15) is 28.8 Å². The van der Waals surface area contributed by atoms with E-state index in [2.05, 4.69) is 16.1 Å². The Morgan fingerprint density at radius 2 is 1.19 bits per heavy atom. The summed E-state index contributed by atoms with van der Waals surface area (Å²) in [4.78, 5) is 78.6. The normalized spacial score (nSPS) is 11.8. The number of amides is 2. The van der Waals surface area contributed by atoms with Crippen molar-refractivity contribution in [1.29, 1.82) is 0 Å². The number of carboxylic acids is 4. The standard InChI is InChI=1S/C30H49N7O11/c1-32-23-8-6-22(7-9-23)16-24(31)30(47)34-48-15-5-3-2-4-10-33-25(38)17-35(11-13-36(18-26(39)40)19-27(41)42)12-14-37(20-28(43)44)21-29(45)46/h6-9,24,32H,2-5,10-21,31H2,1H3,(H,33,38)(H,34,47)(H,39,40)(H,41,42)(H,43,44)(H,45,46). The van der Waals surface area contributed by atoms with Gasteiger partial charge in [-0.05, 0) is 37.0 Å². The van der Waals surface area contributed by atoms with Gasteiger partial charge in [0, 0.05) is 45.5 Å². The minimum atomic E-state index is -1.22. The van der Waals surface area contributed by atoms with Crippen LogP contribution >= 0.6 is 0 Å². The topological polar surface area (TPSA) is 264 Å². The summed E-state index contributed by atoms with van der Waals surface area (Å²) in [5.74, 6) is -5.68. The molecule has 48 heavy (non-hydrogen) atoms.